The Balaban J connectivity index is 2.15. The highest BCUT2D eigenvalue weighted by Crippen LogP contribution is 2.28. The Hall–Kier alpha value is -1.90. The highest BCUT2D eigenvalue weighted by Gasteiger charge is 2.45. The fraction of sp³-hybridized carbons (Fsp3) is 0.250. The van der Waals surface area contributed by atoms with Crippen molar-refractivity contribution in [3.63, 3.8) is 0 Å². The van der Waals surface area contributed by atoms with E-state index < -0.39 is 29.2 Å². The standard InChI is InChI=1S/C16H15F3O4S/c1-12-7-9-14(10-8-12)24(20,21)23-15(16(17,18)19)22-11-13-5-3-2-4-6-13/h2-10,15H,11H2,1H3/t15-/m1/s1. The first-order valence-electron chi connectivity index (χ1n) is 6.91. The van der Waals surface area contributed by atoms with Gasteiger partial charge in [-0.3, -0.25) is 0 Å². The molecule has 2 aromatic carbocycles. The van der Waals surface area contributed by atoms with Gasteiger partial charge in [-0.1, -0.05) is 48.0 Å². The topological polar surface area (TPSA) is 52.6 Å². The molecule has 2 aromatic rings. The monoisotopic (exact) mass is 360 g/mol. The summed E-state index contributed by atoms with van der Waals surface area (Å²) in [6, 6.07) is 13.3. The zero-order valence-electron chi connectivity index (χ0n) is 12.7. The molecular formula is C16H15F3O4S. The summed E-state index contributed by atoms with van der Waals surface area (Å²) in [5.74, 6) is 0. The van der Waals surface area contributed by atoms with Crippen LogP contribution >= 0.6 is 0 Å². The molecule has 0 aliphatic rings. The lowest BCUT2D eigenvalue weighted by molar-refractivity contribution is -0.284. The van der Waals surface area contributed by atoms with E-state index in [-0.39, 0.29) is 4.90 Å². The fourth-order valence-electron chi connectivity index (χ4n) is 1.80. The third-order valence-electron chi connectivity index (χ3n) is 3.04. The van der Waals surface area contributed by atoms with Crippen molar-refractivity contribution in [3.8, 4) is 0 Å². The maximum atomic E-state index is 13.0. The summed E-state index contributed by atoms with van der Waals surface area (Å²) in [6.07, 6.45) is -7.88. The molecule has 2 rings (SSSR count). The number of hydrogen-bond acceptors (Lipinski definition) is 4. The van der Waals surface area contributed by atoms with Gasteiger partial charge in [-0.15, -0.1) is 0 Å². The van der Waals surface area contributed by atoms with Gasteiger partial charge in [0.15, 0.2) is 0 Å². The van der Waals surface area contributed by atoms with E-state index in [2.05, 4.69) is 8.92 Å². The predicted molar refractivity (Wildman–Crippen MR) is 80.5 cm³/mol. The molecule has 0 aliphatic heterocycles. The third-order valence-corrected chi connectivity index (χ3v) is 4.31. The van der Waals surface area contributed by atoms with Gasteiger partial charge in [0.25, 0.3) is 16.4 Å². The molecule has 1 atom stereocenters. The van der Waals surface area contributed by atoms with E-state index in [1.165, 1.54) is 24.3 Å². The Labute approximate surface area is 138 Å². The molecule has 0 aromatic heterocycles. The van der Waals surface area contributed by atoms with Crippen molar-refractivity contribution >= 4 is 10.1 Å². The molecule has 0 saturated carbocycles. The van der Waals surface area contributed by atoms with Gasteiger partial charge in [-0.2, -0.15) is 21.6 Å². The first-order valence-corrected chi connectivity index (χ1v) is 8.31. The van der Waals surface area contributed by atoms with Gasteiger partial charge in [0.2, 0.25) is 0 Å². The Morgan fingerprint density at radius 2 is 1.58 bits per heavy atom. The molecule has 130 valence electrons. The van der Waals surface area contributed by atoms with E-state index in [4.69, 9.17) is 0 Å². The van der Waals surface area contributed by atoms with Crippen LogP contribution in [-0.2, 0) is 25.6 Å². The van der Waals surface area contributed by atoms with Crippen LogP contribution in [0.3, 0.4) is 0 Å². The van der Waals surface area contributed by atoms with Gasteiger partial charge in [0.05, 0.1) is 11.5 Å². The Morgan fingerprint density at radius 1 is 1.00 bits per heavy atom. The minimum Gasteiger partial charge on any atom is -0.339 e. The van der Waals surface area contributed by atoms with E-state index in [0.717, 1.165) is 5.56 Å². The second-order valence-electron chi connectivity index (χ2n) is 5.03. The van der Waals surface area contributed by atoms with Crippen molar-refractivity contribution in [2.45, 2.75) is 30.9 Å². The van der Waals surface area contributed by atoms with Gasteiger partial charge >= 0.3 is 6.18 Å². The lowest BCUT2D eigenvalue weighted by atomic mass is 10.2. The zero-order chi connectivity index (χ0) is 17.8. The van der Waals surface area contributed by atoms with Gasteiger partial charge in [-0.05, 0) is 24.6 Å². The minimum absolute atomic E-state index is 0.370. The molecular weight excluding hydrogens is 345 g/mol. The molecule has 0 heterocycles. The summed E-state index contributed by atoms with van der Waals surface area (Å²) >= 11 is 0. The minimum atomic E-state index is -4.99. The molecule has 8 heteroatoms. The molecule has 0 amide bonds. The maximum Gasteiger partial charge on any atom is 0.441 e. The summed E-state index contributed by atoms with van der Waals surface area (Å²) in [6.45, 7) is 1.28. The Bertz CT molecular complexity index is 756. The summed E-state index contributed by atoms with van der Waals surface area (Å²) in [7, 11) is -4.61. The summed E-state index contributed by atoms with van der Waals surface area (Å²) in [5, 5.41) is 0. The van der Waals surface area contributed by atoms with Crippen molar-refractivity contribution < 1.29 is 30.5 Å². The van der Waals surface area contributed by atoms with Crippen molar-refractivity contribution in [1.29, 1.82) is 0 Å². The molecule has 24 heavy (non-hydrogen) atoms. The van der Waals surface area contributed by atoms with Crippen LogP contribution in [0.25, 0.3) is 0 Å². The average Bonchev–Trinajstić information content (AvgIpc) is 2.52. The number of rotatable bonds is 6. The van der Waals surface area contributed by atoms with E-state index in [0.29, 0.717) is 5.56 Å². The van der Waals surface area contributed by atoms with Crippen LogP contribution in [0.15, 0.2) is 59.5 Å². The number of halogens is 3. The van der Waals surface area contributed by atoms with Crippen LogP contribution in [0.1, 0.15) is 11.1 Å². The van der Waals surface area contributed by atoms with E-state index in [9.17, 15) is 21.6 Å². The zero-order valence-corrected chi connectivity index (χ0v) is 13.5. The number of aryl methyl sites for hydroxylation is 1. The molecule has 0 aliphatic carbocycles. The third kappa shape index (κ3) is 5.05. The molecule has 0 bridgehead atoms. The Morgan fingerprint density at radius 3 is 2.12 bits per heavy atom. The van der Waals surface area contributed by atoms with Gasteiger partial charge in [-0.25, -0.2) is 4.18 Å². The van der Waals surface area contributed by atoms with E-state index in [1.807, 2.05) is 0 Å². The van der Waals surface area contributed by atoms with Crippen molar-refractivity contribution in [2.75, 3.05) is 0 Å². The summed E-state index contributed by atoms with van der Waals surface area (Å²) in [5.41, 5.74) is 1.23. The average molecular weight is 360 g/mol. The molecule has 4 nitrogen and oxygen atoms in total. The van der Waals surface area contributed by atoms with Crippen molar-refractivity contribution in [2.24, 2.45) is 0 Å². The number of hydrogen-bond donors (Lipinski definition) is 0. The molecule has 0 saturated heterocycles. The lowest BCUT2D eigenvalue weighted by Gasteiger charge is -2.20. The van der Waals surface area contributed by atoms with Crippen LogP contribution < -0.4 is 0 Å². The van der Waals surface area contributed by atoms with Gasteiger partial charge in [0.1, 0.15) is 0 Å². The summed E-state index contributed by atoms with van der Waals surface area (Å²) in [4.78, 5) is -0.370. The van der Waals surface area contributed by atoms with E-state index >= 15 is 0 Å². The molecule has 0 N–H and O–H groups in total. The first kappa shape index (κ1) is 18.4. The van der Waals surface area contributed by atoms with E-state index in [1.54, 1.807) is 37.3 Å². The number of alkyl halides is 3. The molecule has 0 radical (unpaired) electrons. The molecule has 0 fully saturated rings. The van der Waals surface area contributed by atoms with Crippen molar-refractivity contribution in [3.05, 3.63) is 65.7 Å². The quantitative estimate of drug-likeness (QED) is 0.581. The summed E-state index contributed by atoms with van der Waals surface area (Å²) < 4.78 is 72.0. The number of ether oxygens (including phenoxy) is 1. The van der Waals surface area contributed by atoms with Crippen molar-refractivity contribution in [1.82, 2.24) is 0 Å². The maximum absolute atomic E-state index is 13.0. The smallest absolute Gasteiger partial charge is 0.339 e. The second kappa shape index (κ2) is 7.33. The van der Waals surface area contributed by atoms with Crippen LogP contribution in [0.2, 0.25) is 0 Å². The molecule has 0 unspecified atom stereocenters. The molecule has 0 spiro atoms. The normalized spacial score (nSPS) is 13.7. The highest BCUT2D eigenvalue weighted by molar-refractivity contribution is 7.86. The van der Waals surface area contributed by atoms with Gasteiger partial charge in [0, 0.05) is 0 Å². The lowest BCUT2D eigenvalue weighted by Crippen LogP contribution is -2.36. The SMILES string of the molecule is Cc1ccc(S(=O)(=O)O[C@@H](OCc2ccccc2)C(F)(F)F)cc1. The highest BCUT2D eigenvalue weighted by atomic mass is 32.2. The van der Waals surface area contributed by atoms with Gasteiger partial charge < -0.3 is 4.74 Å². The number of benzene rings is 2. The second-order valence-corrected chi connectivity index (χ2v) is 6.61. The first-order chi connectivity index (χ1) is 11.2. The van der Waals surface area contributed by atoms with Crippen LogP contribution in [-0.4, -0.2) is 20.9 Å². The fourth-order valence-corrected chi connectivity index (χ4v) is 2.77. The van der Waals surface area contributed by atoms with Crippen LogP contribution in [0, 0.1) is 6.92 Å². The largest absolute Gasteiger partial charge is 0.441 e. The van der Waals surface area contributed by atoms with Crippen LogP contribution in [0.5, 0.6) is 0 Å². The Kier molecular flexibility index (Phi) is 5.63. The predicted octanol–water partition coefficient (Wildman–Crippen LogP) is 3.81. The van der Waals surface area contributed by atoms with Crippen LogP contribution in [0.4, 0.5) is 13.2 Å².